The molecule has 9 aliphatic rings. The Hall–Kier alpha value is -13.9. The topological polar surface area (TPSA) is 407 Å². The number of aryl methyl sites for hydroxylation is 1. The van der Waals surface area contributed by atoms with Crippen molar-refractivity contribution in [3.8, 4) is 0 Å². The largest absolute Gasteiger partial charge is 0.379 e. The molecule has 20 heterocycles. The van der Waals surface area contributed by atoms with Crippen molar-refractivity contribution in [3.63, 3.8) is 0 Å². The number of amides is 5. The number of halogens is 4. The molecule has 5 amide bonds. The molecule has 1 unspecified atom stereocenters. The molecular formula is C97H95F4N29O7S5. The molecule has 4 saturated heterocycles. The van der Waals surface area contributed by atoms with Crippen LogP contribution in [0.2, 0.25) is 0 Å². The Morgan fingerprint density at radius 2 is 0.782 bits per heavy atom. The number of likely N-dealkylation sites (tertiary alicyclic amines) is 1. The quantitative estimate of drug-likeness (QED) is 0.0287. The van der Waals surface area contributed by atoms with Crippen molar-refractivity contribution in [3.05, 3.63) is 223 Å². The second-order valence-electron chi connectivity index (χ2n) is 35.8. The minimum absolute atomic E-state index is 0.0133. The van der Waals surface area contributed by atoms with Gasteiger partial charge in [0, 0.05) is 111 Å². The van der Waals surface area contributed by atoms with Gasteiger partial charge < -0.3 is 70.8 Å². The monoisotopic (exact) mass is 2010 g/mol. The summed E-state index contributed by atoms with van der Waals surface area (Å²) in [5.41, 5.74) is 13.0. The van der Waals surface area contributed by atoms with Crippen LogP contribution >= 0.6 is 56.7 Å². The van der Waals surface area contributed by atoms with Crippen molar-refractivity contribution < 1.29 is 51.0 Å². The molecule has 4 fully saturated rings. The number of nitrogens with one attached hydrogen (secondary N) is 6. The van der Waals surface area contributed by atoms with Crippen molar-refractivity contribution >= 4 is 195 Å². The van der Waals surface area contributed by atoms with E-state index in [1.54, 1.807) is 61.1 Å². The summed E-state index contributed by atoms with van der Waals surface area (Å²) in [7, 11) is 0. The highest BCUT2D eigenvalue weighted by atomic mass is 32.1. The Labute approximate surface area is 829 Å². The van der Waals surface area contributed by atoms with E-state index in [-0.39, 0.29) is 76.3 Å². The molecule has 36 nitrogen and oxygen atoms in total. The van der Waals surface area contributed by atoms with Gasteiger partial charge in [0.15, 0.2) is 54.1 Å². The fourth-order valence-electron chi connectivity index (χ4n) is 18.8. The van der Waals surface area contributed by atoms with Crippen LogP contribution in [-0.2, 0) is 47.1 Å². The van der Waals surface area contributed by atoms with E-state index in [9.17, 15) is 41.5 Å². The molecule has 0 saturated carbocycles. The number of thiazole rings is 5. The highest BCUT2D eigenvalue weighted by Gasteiger charge is 2.39. The molecule has 11 aromatic heterocycles. The van der Waals surface area contributed by atoms with Crippen molar-refractivity contribution in [1.82, 2.24) is 121 Å². The van der Waals surface area contributed by atoms with Gasteiger partial charge in [0.1, 0.15) is 107 Å². The van der Waals surface area contributed by atoms with E-state index in [1.807, 2.05) is 42.6 Å². The number of benzene rings is 5. The van der Waals surface area contributed by atoms with Crippen LogP contribution in [0.15, 0.2) is 147 Å². The van der Waals surface area contributed by atoms with E-state index in [2.05, 4.69) is 154 Å². The normalized spacial score (nSPS) is 16.7. The minimum atomic E-state index is -0.247. The zero-order valence-corrected chi connectivity index (χ0v) is 81.2. The Balaban J connectivity index is 0.000000105. The predicted molar refractivity (Wildman–Crippen MR) is 535 cm³/mol. The van der Waals surface area contributed by atoms with Crippen LogP contribution in [0.4, 0.5) is 75.1 Å². The first kappa shape index (κ1) is 94.3. The maximum absolute atomic E-state index is 13.5. The number of rotatable bonds is 21. The summed E-state index contributed by atoms with van der Waals surface area (Å²) in [6.07, 6.45) is 21.0. The van der Waals surface area contributed by atoms with Gasteiger partial charge in [0.05, 0.1) is 31.9 Å². The number of hydrogen-bond donors (Lipinski definition) is 6. The minimum Gasteiger partial charge on any atom is -0.379 e. The molecule has 728 valence electrons. The van der Waals surface area contributed by atoms with E-state index in [4.69, 9.17) is 9.47 Å². The van der Waals surface area contributed by atoms with Crippen LogP contribution in [0.3, 0.4) is 0 Å². The SMILES string of the molecule is CC1(C)CN(c2ncnc3sc(C(=O)NCCCN4CCCC4)nc23)c2ccccc21.O=C(NC1CCNCC1)c1nc2c(N3CCc4cc(F)ccc43)ncnc2s1.O=C(NC1CCOC1)c1nc2c(N3CCc4cc(F)ccc43)ncnc2s1.O=C(NC1COC1)c1nc2c(N3CCc4cc(F)ccc43)ncnc2s1.O=C(NCCCn1cccn1)c1nc2c(N3CCc4cc(F)ccc43)ncnc2s1. The second-order valence-corrected chi connectivity index (χ2v) is 40.7. The molecule has 5 aromatic carbocycles. The number of fused-ring (bicyclic) bond motifs is 10. The lowest BCUT2D eigenvalue weighted by Crippen LogP contribution is -2.48. The van der Waals surface area contributed by atoms with Crippen LogP contribution < -0.4 is 56.4 Å². The zero-order chi connectivity index (χ0) is 97.1. The number of carbonyl (C=O) groups excluding carboxylic acids is 5. The van der Waals surface area contributed by atoms with Crippen LogP contribution in [0.1, 0.15) is 136 Å². The van der Waals surface area contributed by atoms with Gasteiger partial charge >= 0.3 is 0 Å². The smallest absolute Gasteiger partial charge is 0.280 e. The van der Waals surface area contributed by atoms with Gasteiger partial charge in [-0.1, -0.05) is 88.7 Å². The second kappa shape index (κ2) is 41.7. The first-order chi connectivity index (χ1) is 69.3. The van der Waals surface area contributed by atoms with Gasteiger partial charge in [-0.3, -0.25) is 28.7 Å². The third kappa shape index (κ3) is 20.4. The van der Waals surface area contributed by atoms with E-state index >= 15 is 0 Å². The predicted octanol–water partition coefficient (Wildman–Crippen LogP) is 13.6. The molecule has 0 bridgehead atoms. The fraction of sp³-hybridized carbons (Fsp3) is 0.351. The van der Waals surface area contributed by atoms with Gasteiger partial charge in [-0.05, 0) is 216 Å². The lowest BCUT2D eigenvalue weighted by atomic mass is 9.87. The van der Waals surface area contributed by atoms with Crippen LogP contribution in [0, 0.1) is 23.3 Å². The molecule has 0 aliphatic carbocycles. The van der Waals surface area contributed by atoms with Gasteiger partial charge in [-0.25, -0.2) is 92.3 Å². The van der Waals surface area contributed by atoms with Crippen molar-refractivity contribution in [2.24, 2.45) is 0 Å². The third-order valence-corrected chi connectivity index (χ3v) is 30.6. The first-order valence-corrected chi connectivity index (χ1v) is 51.1. The summed E-state index contributed by atoms with van der Waals surface area (Å²) in [6, 6.07) is 29.6. The number of piperidine rings is 1. The first-order valence-electron chi connectivity index (χ1n) is 47.0. The highest BCUT2D eigenvalue weighted by molar-refractivity contribution is 7.21. The average molecular weight is 2020 g/mol. The van der Waals surface area contributed by atoms with Gasteiger partial charge in [-0.2, -0.15) is 5.10 Å². The van der Waals surface area contributed by atoms with Crippen molar-refractivity contribution in [1.29, 1.82) is 0 Å². The molecule has 142 heavy (non-hydrogen) atoms. The maximum Gasteiger partial charge on any atom is 0.280 e. The van der Waals surface area contributed by atoms with E-state index in [0.717, 1.165) is 152 Å². The lowest BCUT2D eigenvalue weighted by molar-refractivity contribution is -0.00346. The zero-order valence-electron chi connectivity index (χ0n) is 77.1. The average Bonchev–Trinajstić information content (AvgIpc) is 1.61. The Morgan fingerprint density at radius 3 is 1.16 bits per heavy atom. The molecule has 0 spiro atoms. The number of hydrogen-bond acceptors (Lipinski definition) is 35. The molecule has 16 aromatic rings. The molecular weight excluding hydrogens is 1920 g/mol. The summed E-state index contributed by atoms with van der Waals surface area (Å²) < 4.78 is 66.2. The van der Waals surface area contributed by atoms with E-state index in [1.165, 1.54) is 138 Å². The Bertz CT molecular complexity index is 7410. The number of aromatic nitrogens is 17. The number of anilines is 10. The Morgan fingerprint density at radius 1 is 0.408 bits per heavy atom. The third-order valence-electron chi connectivity index (χ3n) is 25.8. The molecule has 45 heteroatoms. The fourth-order valence-corrected chi connectivity index (χ4v) is 22.8. The number of para-hydroxylation sites is 1. The molecule has 6 N–H and O–H groups in total. The van der Waals surface area contributed by atoms with E-state index in [0.29, 0.717) is 161 Å². The molecule has 1 atom stereocenters. The summed E-state index contributed by atoms with van der Waals surface area (Å²) in [5.74, 6) is 1.42. The Kier molecular flexibility index (Phi) is 27.7. The van der Waals surface area contributed by atoms with Crippen molar-refractivity contribution in [2.45, 2.75) is 115 Å². The van der Waals surface area contributed by atoms with Crippen LogP contribution in [-0.4, -0.2) is 242 Å². The molecule has 25 rings (SSSR count). The van der Waals surface area contributed by atoms with Gasteiger partial charge in [0.25, 0.3) is 29.5 Å². The van der Waals surface area contributed by atoms with Gasteiger partial charge in [-0.15, -0.1) is 0 Å². The molecule has 0 radical (unpaired) electrons. The summed E-state index contributed by atoms with van der Waals surface area (Å²) in [5, 5.41) is 24.2. The van der Waals surface area contributed by atoms with Crippen molar-refractivity contribution in [2.75, 3.05) is 129 Å². The maximum atomic E-state index is 13.5. The summed E-state index contributed by atoms with van der Waals surface area (Å²) in [4.78, 5) is 145. The van der Waals surface area contributed by atoms with E-state index < -0.39 is 0 Å². The summed E-state index contributed by atoms with van der Waals surface area (Å²) in [6.45, 7) is 17.4. The van der Waals surface area contributed by atoms with Gasteiger partial charge in [0.2, 0.25) is 0 Å². The van der Waals surface area contributed by atoms with Crippen LogP contribution in [0.5, 0.6) is 0 Å². The van der Waals surface area contributed by atoms with Crippen LogP contribution in [0.25, 0.3) is 51.7 Å². The number of nitrogens with zero attached hydrogens (tertiary/aromatic N) is 23. The highest BCUT2D eigenvalue weighted by Crippen LogP contribution is 2.47. The lowest BCUT2D eigenvalue weighted by Gasteiger charge is -2.26. The standard InChI is InChI=1S/C23H28N6OS.C20H18FN7OS.C19H19FN6OS.C18H16FN5O2S.C17H14FN5O2S/c1-23(2)14-29(17-9-4-3-8-16(17)23)19-18-21(26-15-25-19)31-22(27-18)20(30)24-10-7-13-28-11-5-6-12-28;21-14-3-4-15-13(11-14)5-10-28(15)17-16-19(24-12-23-17)30-20(26-16)18(29)22-6-1-8-27-9-2-7-25-27;20-12-1-2-14-11(9-12)5-8-26(14)16-15-18(23-10-22-16)28-19(25-15)17(27)24-13-3-6-21-7-4-13;19-11-1-2-13-10(7-11)3-5-24(13)15-14-17(21-9-20-15)27-18(23-14)16(25)22-12-4-6-26-8-12;18-10-1-2-12-9(5-10)3-4-23(12)14-13-16(20-8-19-14)26-17(22-13)15(24)21-11-6-25-7-11/h3-4,8-9,15H,5-7,10-14H2,1-2H3,(H,24,30);2-4,7,9,11-12H,1,5-6,8,10H2,(H,22,29);1-2,9-10,13,21H,3-8H2,(H,24,27);1-2,7,9,12H,3-6,8H2,(H,22,25);1-2,5,8,11H,3-4,6-7H2,(H,21,24). The number of carbonyl (C=O) groups is 5. The number of ether oxygens (including phenoxy) is 2. The summed E-state index contributed by atoms with van der Waals surface area (Å²) >= 11 is 6.33. The molecule has 9 aliphatic heterocycles.